The van der Waals surface area contributed by atoms with Gasteiger partial charge in [0.1, 0.15) is 12.1 Å². The monoisotopic (exact) mass is 234 g/mol. The van der Waals surface area contributed by atoms with Gasteiger partial charge in [0, 0.05) is 12.1 Å². The third-order valence-electron chi connectivity index (χ3n) is 2.05. The van der Waals surface area contributed by atoms with E-state index in [0.29, 0.717) is 24.8 Å². The van der Waals surface area contributed by atoms with Gasteiger partial charge in [0.2, 0.25) is 5.88 Å². The van der Waals surface area contributed by atoms with Crippen LogP contribution in [0.5, 0.6) is 5.88 Å². The van der Waals surface area contributed by atoms with Gasteiger partial charge in [0.15, 0.2) is 5.76 Å². The fraction of sp³-hybridized carbons (Fsp3) is 0.364. The molecule has 0 bridgehead atoms. The van der Waals surface area contributed by atoms with E-state index in [0.717, 1.165) is 11.5 Å². The summed E-state index contributed by atoms with van der Waals surface area (Å²) >= 11 is 0. The van der Waals surface area contributed by atoms with Crippen LogP contribution in [0.15, 0.2) is 23.0 Å². The Hall–Kier alpha value is -2.11. The number of aromatic nitrogens is 3. The molecule has 6 nitrogen and oxygen atoms in total. The van der Waals surface area contributed by atoms with Crippen LogP contribution in [0.1, 0.15) is 18.4 Å². The zero-order valence-corrected chi connectivity index (χ0v) is 9.80. The lowest BCUT2D eigenvalue weighted by atomic mass is 10.4. The SMILES string of the molecule is CCOc1cc(NCc2cc(C)no2)ncn1. The summed E-state index contributed by atoms with van der Waals surface area (Å²) < 4.78 is 10.4. The highest BCUT2D eigenvalue weighted by molar-refractivity contribution is 5.37. The molecule has 0 aromatic carbocycles. The van der Waals surface area contributed by atoms with Gasteiger partial charge in [-0.05, 0) is 13.8 Å². The maximum absolute atomic E-state index is 5.28. The van der Waals surface area contributed by atoms with Gasteiger partial charge in [0.05, 0.1) is 18.8 Å². The molecule has 0 radical (unpaired) electrons. The maximum atomic E-state index is 5.28. The molecule has 0 aliphatic carbocycles. The quantitative estimate of drug-likeness (QED) is 0.850. The van der Waals surface area contributed by atoms with Gasteiger partial charge in [-0.1, -0.05) is 5.16 Å². The number of nitrogens with zero attached hydrogens (tertiary/aromatic N) is 3. The highest BCUT2D eigenvalue weighted by atomic mass is 16.5. The molecular weight excluding hydrogens is 220 g/mol. The van der Waals surface area contributed by atoms with E-state index in [4.69, 9.17) is 9.26 Å². The molecule has 17 heavy (non-hydrogen) atoms. The third-order valence-corrected chi connectivity index (χ3v) is 2.05. The van der Waals surface area contributed by atoms with Crippen molar-refractivity contribution in [3.05, 3.63) is 29.9 Å². The van der Waals surface area contributed by atoms with Crippen LogP contribution >= 0.6 is 0 Å². The second-order valence-electron chi connectivity index (χ2n) is 3.46. The largest absolute Gasteiger partial charge is 0.478 e. The molecule has 90 valence electrons. The van der Waals surface area contributed by atoms with Crippen LogP contribution in [0, 0.1) is 6.92 Å². The summed E-state index contributed by atoms with van der Waals surface area (Å²) in [5.41, 5.74) is 0.861. The Morgan fingerprint density at radius 3 is 2.94 bits per heavy atom. The Morgan fingerprint density at radius 2 is 2.24 bits per heavy atom. The van der Waals surface area contributed by atoms with Gasteiger partial charge in [-0.25, -0.2) is 9.97 Å². The number of hydrogen-bond donors (Lipinski definition) is 1. The summed E-state index contributed by atoms with van der Waals surface area (Å²) in [6.07, 6.45) is 1.46. The lowest BCUT2D eigenvalue weighted by Crippen LogP contribution is -2.02. The number of anilines is 1. The first-order valence-corrected chi connectivity index (χ1v) is 5.39. The number of ether oxygens (including phenoxy) is 1. The summed E-state index contributed by atoms with van der Waals surface area (Å²) in [6, 6.07) is 3.62. The molecule has 2 aromatic heterocycles. The predicted octanol–water partition coefficient (Wildman–Crippen LogP) is 1.78. The van der Waals surface area contributed by atoms with Gasteiger partial charge in [-0.3, -0.25) is 0 Å². The van der Waals surface area contributed by atoms with Crippen LogP contribution in [0.4, 0.5) is 5.82 Å². The highest BCUT2D eigenvalue weighted by Gasteiger charge is 2.02. The van der Waals surface area contributed by atoms with Crippen LogP contribution in [0.25, 0.3) is 0 Å². The van der Waals surface area contributed by atoms with Crippen LogP contribution < -0.4 is 10.1 Å². The van der Waals surface area contributed by atoms with Gasteiger partial charge >= 0.3 is 0 Å². The van der Waals surface area contributed by atoms with E-state index in [-0.39, 0.29) is 0 Å². The number of rotatable bonds is 5. The van der Waals surface area contributed by atoms with E-state index < -0.39 is 0 Å². The summed E-state index contributed by atoms with van der Waals surface area (Å²) in [5.74, 6) is 2.01. The molecule has 0 fully saturated rings. The molecule has 6 heteroatoms. The summed E-state index contributed by atoms with van der Waals surface area (Å²) in [6.45, 7) is 4.90. The number of hydrogen-bond acceptors (Lipinski definition) is 6. The smallest absolute Gasteiger partial charge is 0.218 e. The first-order chi connectivity index (χ1) is 8.28. The first-order valence-electron chi connectivity index (χ1n) is 5.39. The van der Waals surface area contributed by atoms with E-state index in [1.165, 1.54) is 6.33 Å². The lowest BCUT2D eigenvalue weighted by molar-refractivity contribution is 0.326. The van der Waals surface area contributed by atoms with Crippen molar-refractivity contribution in [1.82, 2.24) is 15.1 Å². The van der Waals surface area contributed by atoms with Gasteiger partial charge in [-0.15, -0.1) is 0 Å². The van der Waals surface area contributed by atoms with E-state index >= 15 is 0 Å². The van der Waals surface area contributed by atoms with Crippen LogP contribution in [-0.4, -0.2) is 21.7 Å². The fourth-order valence-electron chi connectivity index (χ4n) is 1.34. The van der Waals surface area contributed by atoms with Crippen molar-refractivity contribution in [2.24, 2.45) is 0 Å². The molecule has 0 aliphatic heterocycles. The normalized spacial score (nSPS) is 10.2. The average molecular weight is 234 g/mol. The molecule has 2 aromatic rings. The molecule has 0 saturated carbocycles. The summed E-state index contributed by atoms with van der Waals surface area (Å²) in [5, 5.41) is 6.91. The van der Waals surface area contributed by atoms with Crippen molar-refractivity contribution in [2.75, 3.05) is 11.9 Å². The predicted molar refractivity (Wildman–Crippen MR) is 61.8 cm³/mol. The fourth-order valence-corrected chi connectivity index (χ4v) is 1.34. The Balaban J connectivity index is 1.96. The summed E-state index contributed by atoms with van der Waals surface area (Å²) in [7, 11) is 0. The minimum Gasteiger partial charge on any atom is -0.478 e. The zero-order valence-electron chi connectivity index (χ0n) is 9.80. The Bertz CT molecular complexity index is 484. The Kier molecular flexibility index (Phi) is 3.54. The van der Waals surface area contributed by atoms with Crippen molar-refractivity contribution in [1.29, 1.82) is 0 Å². The van der Waals surface area contributed by atoms with Gasteiger partial charge in [0.25, 0.3) is 0 Å². The average Bonchev–Trinajstić information content (AvgIpc) is 2.74. The molecule has 0 amide bonds. The molecule has 1 N–H and O–H groups in total. The van der Waals surface area contributed by atoms with Gasteiger partial charge < -0.3 is 14.6 Å². The van der Waals surface area contributed by atoms with Gasteiger partial charge in [-0.2, -0.15) is 0 Å². The van der Waals surface area contributed by atoms with Crippen molar-refractivity contribution >= 4 is 5.82 Å². The Labute approximate surface area is 99.0 Å². The topological polar surface area (TPSA) is 73.1 Å². The first kappa shape index (κ1) is 11.4. The molecule has 0 aliphatic rings. The van der Waals surface area contributed by atoms with E-state index in [2.05, 4.69) is 20.4 Å². The van der Waals surface area contributed by atoms with Crippen molar-refractivity contribution in [3.63, 3.8) is 0 Å². The van der Waals surface area contributed by atoms with E-state index in [9.17, 15) is 0 Å². The highest BCUT2D eigenvalue weighted by Crippen LogP contribution is 2.12. The zero-order chi connectivity index (χ0) is 12.1. The minimum absolute atomic E-state index is 0.531. The molecule has 0 atom stereocenters. The molecule has 0 spiro atoms. The summed E-state index contributed by atoms with van der Waals surface area (Å²) in [4.78, 5) is 8.06. The van der Waals surface area contributed by atoms with Crippen molar-refractivity contribution < 1.29 is 9.26 Å². The van der Waals surface area contributed by atoms with Crippen LogP contribution in [-0.2, 0) is 6.54 Å². The maximum Gasteiger partial charge on any atom is 0.218 e. The number of aryl methyl sites for hydroxylation is 1. The van der Waals surface area contributed by atoms with E-state index in [1.54, 1.807) is 6.07 Å². The lowest BCUT2D eigenvalue weighted by Gasteiger charge is -2.05. The standard InChI is InChI=1S/C11H14N4O2/c1-3-16-11-5-10(13-7-14-11)12-6-9-4-8(2)15-17-9/h4-5,7H,3,6H2,1-2H3,(H,12,13,14). The van der Waals surface area contributed by atoms with Crippen molar-refractivity contribution in [3.8, 4) is 5.88 Å². The molecule has 2 rings (SSSR count). The second-order valence-corrected chi connectivity index (χ2v) is 3.46. The third kappa shape index (κ3) is 3.17. The molecule has 0 saturated heterocycles. The Morgan fingerprint density at radius 1 is 1.35 bits per heavy atom. The second kappa shape index (κ2) is 5.29. The number of nitrogens with one attached hydrogen (secondary N) is 1. The van der Waals surface area contributed by atoms with Crippen LogP contribution in [0.3, 0.4) is 0 Å². The molecule has 0 unspecified atom stereocenters. The van der Waals surface area contributed by atoms with Crippen LogP contribution in [0.2, 0.25) is 0 Å². The molecular formula is C11H14N4O2. The van der Waals surface area contributed by atoms with Crippen molar-refractivity contribution in [2.45, 2.75) is 20.4 Å². The van der Waals surface area contributed by atoms with E-state index in [1.807, 2.05) is 19.9 Å². The minimum atomic E-state index is 0.531. The molecule has 2 heterocycles.